The van der Waals surface area contributed by atoms with Crippen LogP contribution in [0.15, 0.2) is 52.2 Å². The molecule has 0 radical (unpaired) electrons. The second-order valence-corrected chi connectivity index (χ2v) is 8.13. The Bertz CT molecular complexity index is 1070. The maximum atomic E-state index is 12.7. The molecule has 1 heterocycles. The van der Waals surface area contributed by atoms with Crippen molar-refractivity contribution in [2.45, 2.75) is 24.8 Å². The molecule has 0 bridgehead atoms. The Labute approximate surface area is 149 Å². The van der Waals surface area contributed by atoms with Gasteiger partial charge in [-0.2, -0.15) is 0 Å². The lowest BCUT2D eigenvalue weighted by molar-refractivity contribution is 0.417. The van der Waals surface area contributed by atoms with Gasteiger partial charge < -0.3 is 4.74 Å². The molecule has 1 N–H and O–H groups in total. The van der Waals surface area contributed by atoms with Gasteiger partial charge in [-0.25, -0.2) is 8.42 Å². The number of nitrogens with zero attached hydrogens (tertiary/aromatic N) is 1. The van der Waals surface area contributed by atoms with Crippen LogP contribution < -0.4 is 14.3 Å². The van der Waals surface area contributed by atoms with Gasteiger partial charge in [-0.15, -0.1) is 0 Å². The monoisotopic (exact) mass is 378 g/mol. The molecule has 25 heavy (non-hydrogen) atoms. The first-order valence-corrected chi connectivity index (χ1v) is 10.1. The average molecular weight is 378 g/mol. The van der Waals surface area contributed by atoms with Crippen molar-refractivity contribution >= 4 is 37.3 Å². The Morgan fingerprint density at radius 3 is 2.68 bits per heavy atom. The van der Waals surface area contributed by atoms with Gasteiger partial charge in [0, 0.05) is 6.54 Å². The maximum absolute atomic E-state index is 12.7. The van der Waals surface area contributed by atoms with Crippen LogP contribution in [0.3, 0.4) is 0 Å². The molecule has 6 nitrogen and oxygen atoms in total. The number of nitrogens with one attached hydrogen (secondary N) is 1. The zero-order chi connectivity index (χ0) is 18.0. The van der Waals surface area contributed by atoms with Gasteiger partial charge in [-0.05, 0) is 36.8 Å². The lowest BCUT2D eigenvalue weighted by Gasteiger charge is -2.11. The Balaban J connectivity index is 2.01. The normalized spacial score (nSPS) is 11.6. The standard InChI is InChI=1S/C17H18N2O4S2/c1-3-10-19-14-9-8-12(11-16(14)24-17(19)20)25(21,22)18-13-6-4-5-7-15(13)23-2/h4-9,11,18H,3,10H2,1-2H3. The van der Waals surface area contributed by atoms with Crippen LogP contribution in [0.25, 0.3) is 10.2 Å². The quantitative estimate of drug-likeness (QED) is 0.714. The summed E-state index contributed by atoms with van der Waals surface area (Å²) < 4.78 is 35.4. The molecule has 8 heteroatoms. The summed E-state index contributed by atoms with van der Waals surface area (Å²) >= 11 is 1.05. The van der Waals surface area contributed by atoms with Crippen LogP contribution in [0, 0.1) is 0 Å². The third kappa shape index (κ3) is 3.40. The first kappa shape index (κ1) is 17.5. The number of benzene rings is 2. The van der Waals surface area contributed by atoms with E-state index in [9.17, 15) is 13.2 Å². The molecule has 0 spiro atoms. The predicted octanol–water partition coefficient (Wildman–Crippen LogP) is 3.28. The molecule has 132 valence electrons. The minimum Gasteiger partial charge on any atom is -0.495 e. The summed E-state index contributed by atoms with van der Waals surface area (Å²) in [5, 5.41) is 0. The Hall–Kier alpha value is -2.32. The molecular weight excluding hydrogens is 360 g/mol. The topological polar surface area (TPSA) is 77.4 Å². The number of methoxy groups -OCH3 is 1. The van der Waals surface area contributed by atoms with E-state index in [-0.39, 0.29) is 9.77 Å². The first-order valence-electron chi connectivity index (χ1n) is 7.75. The molecular formula is C17H18N2O4S2. The predicted molar refractivity (Wildman–Crippen MR) is 100 cm³/mol. The minimum absolute atomic E-state index is 0.0796. The van der Waals surface area contributed by atoms with Crippen LogP contribution in [0.5, 0.6) is 5.75 Å². The van der Waals surface area contributed by atoms with Gasteiger partial charge in [-0.3, -0.25) is 14.1 Å². The highest BCUT2D eigenvalue weighted by Crippen LogP contribution is 2.28. The van der Waals surface area contributed by atoms with Crippen LogP contribution in [0.1, 0.15) is 13.3 Å². The van der Waals surface area contributed by atoms with Gasteiger partial charge in [0.05, 0.1) is 27.9 Å². The lowest BCUT2D eigenvalue weighted by atomic mass is 10.3. The lowest BCUT2D eigenvalue weighted by Crippen LogP contribution is -2.14. The molecule has 0 aliphatic heterocycles. The molecule has 0 amide bonds. The number of thiazole rings is 1. The highest BCUT2D eigenvalue weighted by Gasteiger charge is 2.18. The zero-order valence-corrected chi connectivity index (χ0v) is 15.5. The molecule has 3 rings (SSSR count). The highest BCUT2D eigenvalue weighted by molar-refractivity contribution is 7.92. The summed E-state index contributed by atoms with van der Waals surface area (Å²) in [6, 6.07) is 11.5. The number of ether oxygens (including phenoxy) is 1. The van der Waals surface area contributed by atoms with Gasteiger partial charge in [0.1, 0.15) is 5.75 Å². The Morgan fingerprint density at radius 2 is 1.96 bits per heavy atom. The number of para-hydroxylation sites is 2. The number of anilines is 1. The van der Waals surface area contributed by atoms with Crippen LogP contribution in [0.2, 0.25) is 0 Å². The van der Waals surface area contributed by atoms with Crippen molar-refractivity contribution < 1.29 is 13.2 Å². The van der Waals surface area contributed by atoms with Gasteiger partial charge in [0.15, 0.2) is 0 Å². The fourth-order valence-electron chi connectivity index (χ4n) is 2.58. The number of rotatable bonds is 6. The largest absolute Gasteiger partial charge is 0.495 e. The number of aryl methyl sites for hydroxylation is 1. The van der Waals surface area contributed by atoms with Crippen molar-refractivity contribution in [1.29, 1.82) is 0 Å². The van der Waals surface area contributed by atoms with Gasteiger partial charge >= 0.3 is 4.87 Å². The first-order chi connectivity index (χ1) is 12.0. The number of sulfonamides is 1. The number of fused-ring (bicyclic) bond motifs is 1. The zero-order valence-electron chi connectivity index (χ0n) is 13.9. The van der Waals surface area contributed by atoms with E-state index in [0.717, 1.165) is 23.3 Å². The fraction of sp³-hybridized carbons (Fsp3) is 0.235. The molecule has 0 fully saturated rings. The second-order valence-electron chi connectivity index (χ2n) is 5.45. The van der Waals surface area contributed by atoms with Gasteiger partial charge in [0.2, 0.25) is 0 Å². The third-order valence-corrected chi connectivity index (χ3v) is 6.05. The van der Waals surface area contributed by atoms with E-state index in [1.807, 2.05) is 6.92 Å². The molecule has 0 aliphatic rings. The van der Waals surface area contributed by atoms with Crippen molar-refractivity contribution in [2.24, 2.45) is 0 Å². The summed E-state index contributed by atoms with van der Waals surface area (Å²) in [7, 11) is -2.31. The van der Waals surface area contributed by atoms with Crippen molar-refractivity contribution in [2.75, 3.05) is 11.8 Å². The Morgan fingerprint density at radius 1 is 1.20 bits per heavy atom. The van der Waals surface area contributed by atoms with Gasteiger partial charge in [-0.1, -0.05) is 30.4 Å². The number of hydrogen-bond acceptors (Lipinski definition) is 5. The molecule has 2 aromatic carbocycles. The van der Waals surface area contributed by atoms with Crippen molar-refractivity contribution in [1.82, 2.24) is 4.57 Å². The minimum atomic E-state index is -3.79. The summed E-state index contributed by atoms with van der Waals surface area (Å²) in [5.74, 6) is 0.436. The van der Waals surface area contributed by atoms with Crippen molar-refractivity contribution in [3.8, 4) is 5.75 Å². The van der Waals surface area contributed by atoms with E-state index in [0.29, 0.717) is 22.7 Å². The molecule has 0 aliphatic carbocycles. The SMILES string of the molecule is CCCn1c(=O)sc2cc(S(=O)(=O)Nc3ccccc3OC)ccc21. The summed E-state index contributed by atoms with van der Waals surface area (Å²) in [6.45, 7) is 2.61. The number of aromatic nitrogens is 1. The van der Waals surface area contributed by atoms with Crippen molar-refractivity contribution in [3.63, 3.8) is 0 Å². The Kier molecular flexibility index (Phi) is 4.82. The van der Waals surface area contributed by atoms with E-state index in [4.69, 9.17) is 4.74 Å². The maximum Gasteiger partial charge on any atom is 0.308 e. The van der Waals surface area contributed by atoms with E-state index in [1.54, 1.807) is 34.9 Å². The third-order valence-electron chi connectivity index (χ3n) is 3.75. The summed E-state index contributed by atoms with van der Waals surface area (Å²) in [4.78, 5) is 12.1. The smallest absolute Gasteiger partial charge is 0.308 e. The van der Waals surface area contributed by atoms with Crippen LogP contribution >= 0.6 is 11.3 Å². The van der Waals surface area contributed by atoms with Crippen LogP contribution in [-0.4, -0.2) is 20.1 Å². The highest BCUT2D eigenvalue weighted by atomic mass is 32.2. The van der Waals surface area contributed by atoms with Crippen LogP contribution in [-0.2, 0) is 16.6 Å². The van der Waals surface area contributed by atoms with Crippen LogP contribution in [0.4, 0.5) is 5.69 Å². The second kappa shape index (κ2) is 6.89. The molecule has 0 saturated heterocycles. The molecule has 0 atom stereocenters. The average Bonchev–Trinajstić information content (AvgIpc) is 2.90. The molecule has 0 unspecified atom stereocenters. The van der Waals surface area contributed by atoms with E-state index < -0.39 is 10.0 Å². The molecule has 1 aromatic heterocycles. The summed E-state index contributed by atoms with van der Waals surface area (Å²) in [6.07, 6.45) is 0.834. The fourth-order valence-corrected chi connectivity index (χ4v) is 4.71. The summed E-state index contributed by atoms with van der Waals surface area (Å²) in [5.41, 5.74) is 1.12. The molecule has 0 saturated carbocycles. The van der Waals surface area contributed by atoms with Gasteiger partial charge in [0.25, 0.3) is 10.0 Å². The molecule has 3 aromatic rings. The number of hydrogen-bond donors (Lipinski definition) is 1. The van der Waals surface area contributed by atoms with E-state index in [2.05, 4.69) is 4.72 Å². The van der Waals surface area contributed by atoms with E-state index >= 15 is 0 Å². The van der Waals surface area contributed by atoms with Crippen molar-refractivity contribution in [3.05, 3.63) is 52.1 Å². The van der Waals surface area contributed by atoms with E-state index in [1.165, 1.54) is 19.2 Å².